The van der Waals surface area contributed by atoms with Gasteiger partial charge in [0.25, 0.3) is 0 Å². The van der Waals surface area contributed by atoms with Crippen LogP contribution in [0, 0.1) is 0 Å². The molecular weight excluding hydrogens is 344 g/mol. The van der Waals surface area contributed by atoms with Gasteiger partial charge in [0.15, 0.2) is 0 Å². The molecule has 5 aromatic rings. The van der Waals surface area contributed by atoms with Crippen LogP contribution in [0.1, 0.15) is 23.1 Å². The normalized spacial score (nSPS) is 12.5. The number of nitrogens with zero attached hydrogens (tertiary/aromatic N) is 2. The molecule has 0 bridgehead atoms. The van der Waals surface area contributed by atoms with Crippen LogP contribution in [-0.4, -0.2) is 14.7 Å². The highest BCUT2D eigenvalue weighted by atomic mass is 16.3. The van der Waals surface area contributed by atoms with Crippen LogP contribution in [0.25, 0.3) is 21.8 Å². The van der Waals surface area contributed by atoms with E-state index in [1.807, 2.05) is 60.7 Å². The summed E-state index contributed by atoms with van der Waals surface area (Å²) in [4.78, 5) is 4.80. The van der Waals surface area contributed by atoms with E-state index in [4.69, 9.17) is 4.98 Å². The number of hydrogen-bond donors (Lipinski definition) is 1. The summed E-state index contributed by atoms with van der Waals surface area (Å²) in [6.07, 6.45) is -0.804. The van der Waals surface area contributed by atoms with Crippen molar-refractivity contribution in [3.05, 3.63) is 114 Å². The summed E-state index contributed by atoms with van der Waals surface area (Å²) < 4.78 is 2.12. The summed E-state index contributed by atoms with van der Waals surface area (Å²) in [6.45, 7) is 0.665. The lowest BCUT2D eigenvalue weighted by molar-refractivity contribution is 0.207. The molecule has 3 nitrogen and oxygen atoms in total. The molecule has 1 heterocycles. The van der Waals surface area contributed by atoms with Crippen molar-refractivity contribution in [2.45, 2.75) is 12.6 Å². The molecular formula is C25H20N2O. The summed E-state index contributed by atoms with van der Waals surface area (Å²) in [5, 5.41) is 13.5. The number of rotatable bonds is 4. The van der Waals surface area contributed by atoms with Crippen LogP contribution < -0.4 is 0 Å². The highest BCUT2D eigenvalue weighted by Gasteiger charge is 2.21. The lowest BCUT2D eigenvalue weighted by atomic mass is 10.00. The molecule has 1 N–H and O–H groups in total. The molecule has 0 aliphatic heterocycles. The van der Waals surface area contributed by atoms with E-state index < -0.39 is 6.10 Å². The van der Waals surface area contributed by atoms with Crippen LogP contribution in [0.3, 0.4) is 0 Å². The maximum Gasteiger partial charge on any atom is 0.143 e. The van der Waals surface area contributed by atoms with Gasteiger partial charge in [0.1, 0.15) is 11.9 Å². The van der Waals surface area contributed by atoms with Crippen LogP contribution in [0.5, 0.6) is 0 Å². The van der Waals surface area contributed by atoms with E-state index in [0.29, 0.717) is 12.4 Å². The molecule has 3 heteroatoms. The van der Waals surface area contributed by atoms with Gasteiger partial charge < -0.3 is 9.67 Å². The van der Waals surface area contributed by atoms with Crippen LogP contribution in [0.4, 0.5) is 0 Å². The van der Waals surface area contributed by atoms with Crippen LogP contribution in [-0.2, 0) is 6.54 Å². The molecule has 0 radical (unpaired) electrons. The minimum Gasteiger partial charge on any atom is -0.380 e. The summed E-state index contributed by atoms with van der Waals surface area (Å²) in [7, 11) is 0. The SMILES string of the molecule is O[C@H](c1cccc2ccccc12)c1nc2ccccc2n1Cc1ccccc1. The number of para-hydroxylation sites is 2. The summed E-state index contributed by atoms with van der Waals surface area (Å²) >= 11 is 0. The van der Waals surface area contributed by atoms with E-state index in [-0.39, 0.29) is 0 Å². The molecule has 28 heavy (non-hydrogen) atoms. The molecule has 5 rings (SSSR count). The standard InChI is InChI=1S/C25H20N2O/c28-24(21-14-8-12-19-11-4-5-13-20(19)21)25-26-22-15-6-7-16-23(22)27(25)17-18-9-2-1-3-10-18/h1-16,24,28H,17H2/t24-/m1/s1. The Morgan fingerprint density at radius 2 is 1.46 bits per heavy atom. The number of fused-ring (bicyclic) bond motifs is 2. The molecule has 0 aliphatic carbocycles. The molecule has 4 aromatic carbocycles. The van der Waals surface area contributed by atoms with Gasteiger partial charge in [-0.05, 0) is 34.0 Å². The van der Waals surface area contributed by atoms with E-state index in [2.05, 4.69) is 41.0 Å². The molecule has 0 saturated carbocycles. The number of aliphatic hydroxyl groups is 1. The highest BCUT2D eigenvalue weighted by Crippen LogP contribution is 2.31. The fourth-order valence-corrected chi connectivity index (χ4v) is 3.86. The first kappa shape index (κ1) is 16.7. The van der Waals surface area contributed by atoms with Crippen molar-refractivity contribution < 1.29 is 5.11 Å². The molecule has 0 unspecified atom stereocenters. The second-order valence-electron chi connectivity index (χ2n) is 7.00. The average Bonchev–Trinajstić information content (AvgIpc) is 3.12. The number of benzene rings is 4. The average molecular weight is 364 g/mol. The Kier molecular flexibility index (Phi) is 4.15. The largest absolute Gasteiger partial charge is 0.380 e. The lowest BCUT2D eigenvalue weighted by Crippen LogP contribution is -2.11. The minimum absolute atomic E-state index is 0.665. The minimum atomic E-state index is -0.804. The molecule has 1 atom stereocenters. The van der Waals surface area contributed by atoms with Crippen LogP contribution in [0.2, 0.25) is 0 Å². The van der Waals surface area contributed by atoms with Gasteiger partial charge in [0.2, 0.25) is 0 Å². The molecule has 0 spiro atoms. The Labute approximate surface area is 163 Å². The number of aromatic nitrogens is 2. The molecule has 0 fully saturated rings. The topological polar surface area (TPSA) is 38.1 Å². The van der Waals surface area contributed by atoms with Crippen molar-refractivity contribution in [3.8, 4) is 0 Å². The molecule has 1 aromatic heterocycles. The van der Waals surface area contributed by atoms with Crippen molar-refractivity contribution in [1.29, 1.82) is 0 Å². The third-order valence-electron chi connectivity index (χ3n) is 5.23. The van der Waals surface area contributed by atoms with E-state index >= 15 is 0 Å². The molecule has 0 saturated heterocycles. The first-order valence-electron chi connectivity index (χ1n) is 9.46. The maximum atomic E-state index is 11.4. The van der Waals surface area contributed by atoms with Gasteiger partial charge >= 0.3 is 0 Å². The zero-order valence-electron chi connectivity index (χ0n) is 15.4. The predicted octanol–water partition coefficient (Wildman–Crippen LogP) is 5.32. The van der Waals surface area contributed by atoms with Gasteiger partial charge in [-0.15, -0.1) is 0 Å². The van der Waals surface area contributed by atoms with Crippen molar-refractivity contribution in [2.75, 3.05) is 0 Å². The first-order chi connectivity index (χ1) is 13.8. The van der Waals surface area contributed by atoms with Crippen molar-refractivity contribution >= 4 is 21.8 Å². The third kappa shape index (κ3) is 2.86. The smallest absolute Gasteiger partial charge is 0.143 e. The van der Waals surface area contributed by atoms with E-state index in [9.17, 15) is 5.11 Å². The summed E-state index contributed by atoms with van der Waals surface area (Å²) in [5.41, 5.74) is 3.98. The number of aliphatic hydroxyl groups excluding tert-OH is 1. The predicted molar refractivity (Wildman–Crippen MR) is 113 cm³/mol. The van der Waals surface area contributed by atoms with Crippen LogP contribution >= 0.6 is 0 Å². The van der Waals surface area contributed by atoms with Crippen molar-refractivity contribution in [3.63, 3.8) is 0 Å². The van der Waals surface area contributed by atoms with Gasteiger partial charge in [-0.2, -0.15) is 0 Å². The van der Waals surface area contributed by atoms with E-state index in [0.717, 1.165) is 27.4 Å². The Morgan fingerprint density at radius 3 is 2.36 bits per heavy atom. The maximum absolute atomic E-state index is 11.4. The summed E-state index contributed by atoms with van der Waals surface area (Å²) in [6, 6.07) is 32.5. The molecule has 0 amide bonds. The first-order valence-corrected chi connectivity index (χ1v) is 9.46. The Morgan fingerprint density at radius 1 is 0.750 bits per heavy atom. The van der Waals surface area contributed by atoms with Crippen LogP contribution in [0.15, 0.2) is 97.1 Å². The van der Waals surface area contributed by atoms with E-state index in [1.54, 1.807) is 0 Å². The van der Waals surface area contributed by atoms with Gasteiger partial charge in [0, 0.05) is 6.54 Å². The Hall–Kier alpha value is -3.43. The number of hydrogen-bond acceptors (Lipinski definition) is 2. The van der Waals surface area contributed by atoms with Crippen molar-refractivity contribution in [2.24, 2.45) is 0 Å². The Bertz CT molecular complexity index is 1250. The lowest BCUT2D eigenvalue weighted by Gasteiger charge is -2.16. The fourth-order valence-electron chi connectivity index (χ4n) is 3.86. The Balaban J connectivity index is 1.68. The van der Waals surface area contributed by atoms with Gasteiger partial charge in [-0.1, -0.05) is 84.9 Å². The second kappa shape index (κ2) is 6.95. The quantitative estimate of drug-likeness (QED) is 0.469. The second-order valence-corrected chi connectivity index (χ2v) is 7.00. The molecule has 136 valence electrons. The monoisotopic (exact) mass is 364 g/mol. The van der Waals surface area contributed by atoms with E-state index in [1.165, 1.54) is 5.56 Å². The van der Waals surface area contributed by atoms with Gasteiger partial charge in [-0.3, -0.25) is 0 Å². The number of imidazole rings is 1. The van der Waals surface area contributed by atoms with Crippen molar-refractivity contribution in [1.82, 2.24) is 9.55 Å². The zero-order valence-corrected chi connectivity index (χ0v) is 15.4. The third-order valence-corrected chi connectivity index (χ3v) is 5.23. The van der Waals surface area contributed by atoms with Gasteiger partial charge in [-0.25, -0.2) is 4.98 Å². The zero-order chi connectivity index (χ0) is 18.9. The molecule has 0 aliphatic rings. The highest BCUT2D eigenvalue weighted by molar-refractivity contribution is 5.86. The van der Waals surface area contributed by atoms with Gasteiger partial charge in [0.05, 0.1) is 11.0 Å². The fraction of sp³-hybridized carbons (Fsp3) is 0.0800. The summed E-state index contributed by atoms with van der Waals surface area (Å²) in [5.74, 6) is 0.668.